The molecule has 1 saturated heterocycles. The highest BCUT2D eigenvalue weighted by atomic mass is 35.5. The van der Waals surface area contributed by atoms with E-state index in [1.54, 1.807) is 5.01 Å². The molecule has 2 N–H and O–H groups in total. The monoisotopic (exact) mass is 354 g/mol. The molecule has 0 aromatic carbocycles. The summed E-state index contributed by atoms with van der Waals surface area (Å²) >= 11 is 0. The van der Waals surface area contributed by atoms with E-state index < -0.39 is 4.92 Å². The van der Waals surface area contributed by atoms with E-state index in [9.17, 15) is 10.1 Å². The molecule has 1 fully saturated rings. The molecule has 0 unspecified atom stereocenters. The van der Waals surface area contributed by atoms with Crippen molar-refractivity contribution in [3.63, 3.8) is 0 Å². The molecule has 0 spiro atoms. The molecule has 22 heavy (non-hydrogen) atoms. The van der Waals surface area contributed by atoms with Gasteiger partial charge < -0.3 is 14.9 Å². The zero-order valence-electron chi connectivity index (χ0n) is 12.1. The van der Waals surface area contributed by atoms with Gasteiger partial charge in [0, 0.05) is 32.2 Å². The second kappa shape index (κ2) is 7.42. The van der Waals surface area contributed by atoms with E-state index >= 15 is 0 Å². The topological polar surface area (TPSA) is 103 Å². The lowest BCUT2D eigenvalue weighted by Crippen LogP contribution is -2.55. The highest BCUT2D eigenvalue weighted by Gasteiger charge is 2.39. The summed E-state index contributed by atoms with van der Waals surface area (Å²) < 4.78 is 7.27. The number of imidazole rings is 1. The summed E-state index contributed by atoms with van der Waals surface area (Å²) in [5.74, 6) is 5.73. The van der Waals surface area contributed by atoms with Gasteiger partial charge in [0.25, 0.3) is 0 Å². The molecule has 1 aromatic heterocycles. The van der Waals surface area contributed by atoms with Gasteiger partial charge in [-0.15, -0.1) is 24.8 Å². The molecule has 0 saturated carbocycles. The average molecular weight is 355 g/mol. The lowest BCUT2D eigenvalue weighted by Gasteiger charge is -2.37. The van der Waals surface area contributed by atoms with Crippen LogP contribution in [0.5, 0.6) is 6.01 Å². The van der Waals surface area contributed by atoms with Crippen molar-refractivity contribution in [1.29, 1.82) is 0 Å². The molecule has 0 amide bonds. The Hall–Kier alpha value is -1.13. The van der Waals surface area contributed by atoms with Gasteiger partial charge in [0.15, 0.2) is 6.10 Å². The summed E-state index contributed by atoms with van der Waals surface area (Å²) in [6.45, 7) is 5.94. The predicted molar refractivity (Wildman–Crippen MR) is 84.6 cm³/mol. The highest BCUT2D eigenvalue weighted by Crippen LogP contribution is 2.29. The SMILES string of the molecule is C[C@@H]([C@@H]1Cn2c([N+](=O)[O-])cnc2O1)N1CCN(N)CC1.Cl.Cl. The van der Waals surface area contributed by atoms with Crippen LogP contribution < -0.4 is 10.6 Å². The summed E-state index contributed by atoms with van der Waals surface area (Å²) in [5.41, 5.74) is 0. The standard InChI is InChI=1S/C11H18N6O3.2ClH/c1-8(14-2-4-15(12)5-3-14)9-7-16-10(17(18)19)6-13-11(16)20-9;;/h6,8-9H,2-5,7,12H2,1H3;2*1H/t8-,9-;;/m0../s1. The van der Waals surface area contributed by atoms with Crippen LogP contribution in [0.15, 0.2) is 6.20 Å². The summed E-state index contributed by atoms with van der Waals surface area (Å²) in [5, 5.41) is 12.7. The zero-order valence-corrected chi connectivity index (χ0v) is 13.8. The van der Waals surface area contributed by atoms with Gasteiger partial charge in [0.1, 0.15) is 12.7 Å². The van der Waals surface area contributed by atoms with Crippen LogP contribution in [0.4, 0.5) is 5.82 Å². The van der Waals surface area contributed by atoms with E-state index in [1.807, 2.05) is 0 Å². The number of halogens is 2. The lowest BCUT2D eigenvalue weighted by molar-refractivity contribution is -0.392. The number of aromatic nitrogens is 2. The minimum absolute atomic E-state index is 0. The number of rotatable bonds is 3. The van der Waals surface area contributed by atoms with Gasteiger partial charge in [-0.2, -0.15) is 9.55 Å². The second-order valence-electron chi connectivity index (χ2n) is 5.24. The van der Waals surface area contributed by atoms with E-state index in [2.05, 4.69) is 16.8 Å². The molecule has 126 valence electrons. The number of hydrogen-bond donors (Lipinski definition) is 1. The molecular formula is C11H20Cl2N6O3. The highest BCUT2D eigenvalue weighted by molar-refractivity contribution is 5.85. The number of nitrogens with zero attached hydrogens (tertiary/aromatic N) is 5. The van der Waals surface area contributed by atoms with Crippen molar-refractivity contribution in [2.75, 3.05) is 26.2 Å². The Bertz CT molecular complexity index is 520. The van der Waals surface area contributed by atoms with Crippen molar-refractivity contribution in [2.24, 2.45) is 5.84 Å². The summed E-state index contributed by atoms with van der Waals surface area (Å²) in [4.78, 5) is 16.7. The Balaban J connectivity index is 0.00000121. The summed E-state index contributed by atoms with van der Waals surface area (Å²) in [6, 6.07) is 0.510. The maximum atomic E-state index is 10.9. The molecule has 3 heterocycles. The quantitative estimate of drug-likeness (QED) is 0.472. The van der Waals surface area contributed by atoms with Crippen molar-refractivity contribution >= 4 is 30.6 Å². The van der Waals surface area contributed by atoms with E-state index in [1.165, 1.54) is 10.8 Å². The van der Waals surface area contributed by atoms with Crippen LogP contribution in [0.3, 0.4) is 0 Å². The van der Waals surface area contributed by atoms with Gasteiger partial charge in [-0.25, -0.2) is 5.01 Å². The Kier molecular flexibility index (Phi) is 6.38. The minimum atomic E-state index is -0.430. The molecular weight excluding hydrogens is 335 g/mol. The molecule has 0 aliphatic carbocycles. The van der Waals surface area contributed by atoms with Crippen LogP contribution in [0.2, 0.25) is 0 Å². The molecule has 2 atom stereocenters. The normalized spacial score (nSPS) is 22.9. The first-order valence-electron chi connectivity index (χ1n) is 6.66. The number of ether oxygens (including phenoxy) is 1. The lowest BCUT2D eigenvalue weighted by atomic mass is 10.1. The molecule has 9 nitrogen and oxygen atoms in total. The van der Waals surface area contributed by atoms with Crippen molar-refractivity contribution in [2.45, 2.75) is 25.6 Å². The molecule has 11 heteroatoms. The first-order valence-corrected chi connectivity index (χ1v) is 6.66. The van der Waals surface area contributed by atoms with Crippen molar-refractivity contribution in [1.82, 2.24) is 19.5 Å². The van der Waals surface area contributed by atoms with E-state index in [0.717, 1.165) is 26.2 Å². The number of hydrazine groups is 1. The first-order chi connectivity index (χ1) is 9.56. The maximum Gasteiger partial charge on any atom is 0.391 e. The second-order valence-corrected chi connectivity index (χ2v) is 5.24. The predicted octanol–water partition coefficient (Wildman–Crippen LogP) is 0.276. The molecule has 1 aromatic rings. The van der Waals surface area contributed by atoms with Crippen molar-refractivity contribution in [3.05, 3.63) is 16.3 Å². The molecule has 0 bridgehead atoms. The molecule has 0 radical (unpaired) electrons. The van der Waals surface area contributed by atoms with Gasteiger partial charge >= 0.3 is 11.8 Å². The molecule has 3 rings (SSSR count). The van der Waals surface area contributed by atoms with Crippen LogP contribution in [-0.4, -0.2) is 62.7 Å². The number of nitrogens with two attached hydrogens (primary N) is 1. The Morgan fingerprint density at radius 2 is 2.05 bits per heavy atom. The van der Waals surface area contributed by atoms with Crippen LogP contribution in [0.1, 0.15) is 6.92 Å². The van der Waals surface area contributed by atoms with Gasteiger partial charge in [-0.1, -0.05) is 0 Å². The van der Waals surface area contributed by atoms with E-state index in [-0.39, 0.29) is 42.8 Å². The molecule has 2 aliphatic rings. The summed E-state index contributed by atoms with van der Waals surface area (Å²) in [6.07, 6.45) is 1.13. The third-order valence-electron chi connectivity index (χ3n) is 4.07. The largest absolute Gasteiger partial charge is 0.438 e. The smallest absolute Gasteiger partial charge is 0.391 e. The maximum absolute atomic E-state index is 10.9. The molecule has 2 aliphatic heterocycles. The fraction of sp³-hybridized carbons (Fsp3) is 0.727. The number of fused-ring (bicyclic) bond motifs is 1. The Morgan fingerprint density at radius 3 is 2.64 bits per heavy atom. The average Bonchev–Trinajstić information content (AvgIpc) is 2.97. The van der Waals surface area contributed by atoms with Gasteiger partial charge in [-0.05, 0) is 11.8 Å². The third-order valence-corrected chi connectivity index (χ3v) is 4.07. The van der Waals surface area contributed by atoms with E-state index in [4.69, 9.17) is 10.6 Å². The number of piperazine rings is 1. The van der Waals surface area contributed by atoms with Crippen LogP contribution in [-0.2, 0) is 6.54 Å². The van der Waals surface area contributed by atoms with Gasteiger partial charge in [0.2, 0.25) is 0 Å². The van der Waals surface area contributed by atoms with Crippen molar-refractivity contribution in [3.8, 4) is 6.01 Å². The van der Waals surface area contributed by atoms with Gasteiger partial charge in [-0.3, -0.25) is 10.7 Å². The fourth-order valence-corrected chi connectivity index (χ4v) is 2.75. The van der Waals surface area contributed by atoms with Crippen LogP contribution >= 0.6 is 24.8 Å². The third kappa shape index (κ3) is 3.44. The van der Waals surface area contributed by atoms with Gasteiger partial charge in [0.05, 0.1) is 0 Å². The number of hydrogen-bond acceptors (Lipinski definition) is 7. The Morgan fingerprint density at radius 1 is 1.41 bits per heavy atom. The number of nitro groups is 1. The van der Waals surface area contributed by atoms with Crippen LogP contribution in [0, 0.1) is 10.1 Å². The first kappa shape index (κ1) is 18.9. The minimum Gasteiger partial charge on any atom is -0.438 e. The Labute approximate surface area is 140 Å². The zero-order chi connectivity index (χ0) is 14.3. The van der Waals surface area contributed by atoms with E-state index in [0.29, 0.717) is 12.6 Å². The summed E-state index contributed by atoms with van der Waals surface area (Å²) in [7, 11) is 0. The fourth-order valence-electron chi connectivity index (χ4n) is 2.75. The van der Waals surface area contributed by atoms with Crippen LogP contribution in [0.25, 0.3) is 0 Å². The van der Waals surface area contributed by atoms with Crippen molar-refractivity contribution < 1.29 is 9.66 Å².